The molecule has 1 fully saturated rings. The molecular formula is C30H30N6O4S. The van der Waals surface area contributed by atoms with Gasteiger partial charge < -0.3 is 26.0 Å². The molecule has 4 N–H and O–H groups in total. The highest BCUT2D eigenvalue weighted by Crippen LogP contribution is 2.46. The quantitative estimate of drug-likeness (QED) is 0.235. The summed E-state index contributed by atoms with van der Waals surface area (Å²) in [7, 11) is 1.72. The molecule has 2 aromatic carbocycles. The van der Waals surface area contributed by atoms with Gasteiger partial charge in [-0.3, -0.25) is 14.5 Å². The lowest BCUT2D eigenvalue weighted by Crippen LogP contribution is -2.50. The van der Waals surface area contributed by atoms with Crippen molar-refractivity contribution in [3.8, 4) is 11.5 Å². The first-order valence-corrected chi connectivity index (χ1v) is 14.4. The van der Waals surface area contributed by atoms with Gasteiger partial charge >= 0.3 is 6.03 Å². The molecule has 11 heteroatoms. The molecule has 4 amide bonds. The van der Waals surface area contributed by atoms with Crippen molar-refractivity contribution >= 4 is 56.5 Å². The van der Waals surface area contributed by atoms with Crippen LogP contribution >= 0.6 is 11.3 Å². The summed E-state index contributed by atoms with van der Waals surface area (Å²) in [5.41, 5.74) is 2.66. The first-order valence-electron chi connectivity index (χ1n) is 13.5. The molecule has 1 saturated carbocycles. The molecule has 10 nitrogen and oxygen atoms in total. The number of likely N-dealkylation sites (N-methyl/N-ethyl adjacent to an activating group) is 1. The number of nitrogens with zero attached hydrogens (tertiary/aromatic N) is 2. The third kappa shape index (κ3) is 5.21. The maximum absolute atomic E-state index is 13.6. The van der Waals surface area contributed by atoms with Crippen LogP contribution in [-0.2, 0) is 4.79 Å². The molecule has 0 bridgehead atoms. The zero-order valence-corrected chi connectivity index (χ0v) is 23.5. The third-order valence-corrected chi connectivity index (χ3v) is 8.45. The van der Waals surface area contributed by atoms with Crippen LogP contribution in [0.2, 0.25) is 0 Å². The first kappa shape index (κ1) is 26.7. The number of anilines is 3. The summed E-state index contributed by atoms with van der Waals surface area (Å²) in [5.74, 6) is 0.995. The number of thiophene rings is 1. The number of carbonyl (C=O) groups is 3. The van der Waals surface area contributed by atoms with Crippen LogP contribution in [0.5, 0.6) is 11.5 Å². The lowest BCUT2D eigenvalue weighted by atomic mass is 10.1. The van der Waals surface area contributed by atoms with Crippen LogP contribution in [-0.4, -0.2) is 48.5 Å². The highest BCUT2D eigenvalue weighted by atomic mass is 32.1. The molecule has 6 rings (SSSR count). The zero-order chi connectivity index (χ0) is 28.5. The van der Waals surface area contributed by atoms with Crippen molar-refractivity contribution in [1.82, 2.24) is 20.9 Å². The Morgan fingerprint density at radius 3 is 2.59 bits per heavy atom. The van der Waals surface area contributed by atoms with Crippen molar-refractivity contribution in [2.24, 2.45) is 0 Å². The van der Waals surface area contributed by atoms with Gasteiger partial charge in [0.25, 0.3) is 5.91 Å². The molecule has 1 aliphatic heterocycles. The highest BCUT2D eigenvalue weighted by Gasteiger charge is 2.35. The van der Waals surface area contributed by atoms with E-state index in [4.69, 9.17) is 4.74 Å². The van der Waals surface area contributed by atoms with E-state index in [0.717, 1.165) is 36.0 Å². The van der Waals surface area contributed by atoms with Crippen LogP contribution in [0.1, 0.15) is 34.5 Å². The number of hydrogen-bond donors (Lipinski definition) is 4. The Kier molecular flexibility index (Phi) is 7.29. The number of aromatic nitrogens is 1. The van der Waals surface area contributed by atoms with Crippen molar-refractivity contribution < 1.29 is 19.1 Å². The van der Waals surface area contributed by atoms with Crippen molar-refractivity contribution in [2.45, 2.75) is 38.3 Å². The van der Waals surface area contributed by atoms with E-state index in [0.29, 0.717) is 32.5 Å². The number of pyridine rings is 1. The third-order valence-electron chi connectivity index (χ3n) is 7.36. The van der Waals surface area contributed by atoms with E-state index in [-0.39, 0.29) is 36.5 Å². The lowest BCUT2D eigenvalue weighted by Gasteiger charge is -2.29. The van der Waals surface area contributed by atoms with Crippen LogP contribution in [0.15, 0.2) is 60.8 Å². The van der Waals surface area contributed by atoms with Gasteiger partial charge in [0.1, 0.15) is 21.2 Å². The topological polar surface area (TPSA) is 125 Å². The molecule has 0 radical (unpaired) electrons. The maximum Gasteiger partial charge on any atom is 0.331 e. The van der Waals surface area contributed by atoms with Gasteiger partial charge in [0.05, 0.1) is 29.0 Å². The molecule has 41 heavy (non-hydrogen) atoms. The normalized spacial score (nSPS) is 17.8. The Morgan fingerprint density at radius 2 is 1.83 bits per heavy atom. The van der Waals surface area contributed by atoms with E-state index >= 15 is 0 Å². The number of nitrogens with one attached hydrogen (secondary N) is 4. The van der Waals surface area contributed by atoms with Crippen molar-refractivity contribution in [3.05, 3.63) is 71.2 Å². The molecule has 1 aliphatic carbocycles. The Morgan fingerprint density at radius 1 is 1.05 bits per heavy atom. The SMILES string of the molecule is CNCC(=O)NC1CCC[C@H]1NC(=O)c1sc2nccc3c2c1NC(=O)N3c1ccc(Oc2ccccc2)cc1C. The first-order chi connectivity index (χ1) is 19.9. The van der Waals surface area contributed by atoms with Crippen LogP contribution in [0.25, 0.3) is 10.2 Å². The molecule has 3 heterocycles. The number of para-hydroxylation sites is 1. The molecule has 0 spiro atoms. The fourth-order valence-corrected chi connectivity index (χ4v) is 6.53. The predicted molar refractivity (Wildman–Crippen MR) is 159 cm³/mol. The summed E-state index contributed by atoms with van der Waals surface area (Å²) in [5, 5.41) is 12.6. The van der Waals surface area contributed by atoms with Crippen molar-refractivity contribution in [3.63, 3.8) is 0 Å². The smallest absolute Gasteiger partial charge is 0.331 e. The highest BCUT2D eigenvalue weighted by molar-refractivity contribution is 7.21. The molecule has 2 aromatic heterocycles. The molecular weight excluding hydrogens is 540 g/mol. The van der Waals surface area contributed by atoms with Crippen LogP contribution in [0, 0.1) is 6.92 Å². The Hall–Kier alpha value is -4.48. The molecule has 1 unspecified atom stereocenters. The minimum Gasteiger partial charge on any atom is -0.457 e. The second kappa shape index (κ2) is 11.2. The second-order valence-corrected chi connectivity index (χ2v) is 11.2. The molecule has 210 valence electrons. The lowest BCUT2D eigenvalue weighted by molar-refractivity contribution is -0.120. The number of amides is 4. The maximum atomic E-state index is 13.6. The van der Waals surface area contributed by atoms with E-state index in [1.165, 1.54) is 11.3 Å². The van der Waals surface area contributed by atoms with Crippen molar-refractivity contribution in [2.75, 3.05) is 23.8 Å². The van der Waals surface area contributed by atoms with E-state index in [2.05, 4.69) is 26.3 Å². The molecule has 2 atom stereocenters. The second-order valence-electron chi connectivity index (χ2n) is 10.2. The molecule has 4 aromatic rings. The van der Waals surface area contributed by atoms with Gasteiger partial charge in [-0.05, 0) is 75.2 Å². The fourth-order valence-electron chi connectivity index (χ4n) is 5.51. The average Bonchev–Trinajstić information content (AvgIpc) is 3.55. The van der Waals surface area contributed by atoms with Gasteiger partial charge in [-0.15, -0.1) is 11.3 Å². The molecule has 2 aliphatic rings. The summed E-state index contributed by atoms with van der Waals surface area (Å²) in [4.78, 5) is 46.4. The van der Waals surface area contributed by atoms with Gasteiger partial charge in [-0.2, -0.15) is 0 Å². The monoisotopic (exact) mass is 570 g/mol. The summed E-state index contributed by atoms with van der Waals surface area (Å²) in [6, 6.07) is 16.2. The van der Waals surface area contributed by atoms with E-state index in [1.54, 1.807) is 24.2 Å². The number of benzene rings is 2. The van der Waals surface area contributed by atoms with E-state index in [9.17, 15) is 14.4 Å². The number of hydrogen-bond acceptors (Lipinski definition) is 7. The van der Waals surface area contributed by atoms with Gasteiger partial charge in [0, 0.05) is 18.3 Å². The van der Waals surface area contributed by atoms with Gasteiger partial charge in [-0.25, -0.2) is 9.78 Å². The average molecular weight is 571 g/mol. The zero-order valence-electron chi connectivity index (χ0n) is 22.7. The number of carbonyl (C=O) groups excluding carboxylic acids is 3. The number of rotatable bonds is 8. The minimum atomic E-state index is -0.365. The largest absolute Gasteiger partial charge is 0.457 e. The minimum absolute atomic E-state index is 0.105. The van der Waals surface area contributed by atoms with Gasteiger partial charge in [-0.1, -0.05) is 18.2 Å². The standard InChI is InChI=1S/C30H30N6O4S/c1-17-15-19(40-18-7-4-3-5-8-18)11-12-22(17)36-23-13-14-32-29-25(23)26(35-30(36)39)27(41-29)28(38)34-21-10-6-9-20(21)33-24(37)16-31-2/h3-5,7-8,11-15,20-21,31H,6,9-10,16H2,1-2H3,(H,33,37)(H,34,38)(H,35,39)/t20?,21-/m1/s1. The van der Waals surface area contributed by atoms with Crippen LogP contribution in [0.4, 0.5) is 21.9 Å². The fraction of sp³-hybridized carbons (Fsp3) is 0.267. The predicted octanol–water partition coefficient (Wildman–Crippen LogP) is 5.07. The Bertz CT molecular complexity index is 1640. The Labute approximate surface area is 241 Å². The van der Waals surface area contributed by atoms with Gasteiger partial charge in [0.2, 0.25) is 5.91 Å². The number of ether oxygens (including phenoxy) is 1. The van der Waals surface area contributed by atoms with Crippen molar-refractivity contribution in [1.29, 1.82) is 0 Å². The summed E-state index contributed by atoms with van der Waals surface area (Å²) < 4.78 is 5.97. The summed E-state index contributed by atoms with van der Waals surface area (Å²) in [6.45, 7) is 2.14. The summed E-state index contributed by atoms with van der Waals surface area (Å²) in [6.07, 6.45) is 4.12. The van der Waals surface area contributed by atoms with Gasteiger partial charge in [0.15, 0.2) is 0 Å². The molecule has 0 saturated heterocycles. The van der Waals surface area contributed by atoms with E-state index < -0.39 is 0 Å². The Balaban J connectivity index is 1.28. The number of urea groups is 1. The van der Waals surface area contributed by atoms with E-state index in [1.807, 2.05) is 55.5 Å². The number of aryl methyl sites for hydroxylation is 1. The van der Waals surface area contributed by atoms with Crippen LogP contribution < -0.4 is 30.9 Å². The van der Waals surface area contributed by atoms with Crippen LogP contribution in [0.3, 0.4) is 0 Å². The summed E-state index contributed by atoms with van der Waals surface area (Å²) >= 11 is 1.24.